The van der Waals surface area contributed by atoms with Gasteiger partial charge in [-0.05, 0) is 40.0 Å². The van der Waals surface area contributed by atoms with Crippen LogP contribution in [0.5, 0.6) is 0 Å². The van der Waals surface area contributed by atoms with Gasteiger partial charge in [-0.3, -0.25) is 4.79 Å². The average molecular weight is 228 g/mol. The van der Waals surface area contributed by atoms with Crippen LogP contribution in [0.2, 0.25) is 0 Å². The molecule has 16 heavy (non-hydrogen) atoms. The van der Waals surface area contributed by atoms with Crippen LogP contribution in [0.15, 0.2) is 0 Å². The molecule has 1 amide bonds. The zero-order chi connectivity index (χ0) is 12.1. The molecule has 1 heterocycles. The molecule has 0 aromatic heterocycles. The van der Waals surface area contributed by atoms with Crippen molar-refractivity contribution < 1.29 is 9.90 Å². The fraction of sp³-hybridized carbons (Fsp3) is 0.917. The third-order valence-corrected chi connectivity index (χ3v) is 3.27. The summed E-state index contributed by atoms with van der Waals surface area (Å²) in [6, 6.07) is -0.258. The van der Waals surface area contributed by atoms with Crippen LogP contribution in [0.1, 0.15) is 40.0 Å². The average Bonchev–Trinajstić information content (AvgIpc) is 2.28. The Labute approximate surface area is 98.0 Å². The highest BCUT2D eigenvalue weighted by Gasteiger charge is 2.23. The fourth-order valence-electron chi connectivity index (χ4n) is 1.99. The van der Waals surface area contributed by atoms with Gasteiger partial charge in [-0.25, -0.2) is 0 Å². The minimum absolute atomic E-state index is 0.0521. The number of aliphatic hydroxyl groups excluding tert-OH is 1. The van der Waals surface area contributed by atoms with Crippen molar-refractivity contribution in [3.05, 3.63) is 0 Å². The Kier molecular flexibility index (Phi) is 5.22. The van der Waals surface area contributed by atoms with Gasteiger partial charge >= 0.3 is 0 Å². The van der Waals surface area contributed by atoms with Crippen molar-refractivity contribution in [2.75, 3.05) is 13.1 Å². The normalized spacial score (nSPS) is 22.6. The van der Waals surface area contributed by atoms with E-state index in [1.807, 2.05) is 18.7 Å². The molecule has 0 aliphatic carbocycles. The summed E-state index contributed by atoms with van der Waals surface area (Å²) in [7, 11) is 0. The van der Waals surface area contributed by atoms with Crippen molar-refractivity contribution >= 4 is 5.91 Å². The van der Waals surface area contributed by atoms with Crippen LogP contribution < -0.4 is 5.32 Å². The van der Waals surface area contributed by atoms with Crippen LogP contribution in [0.3, 0.4) is 0 Å². The van der Waals surface area contributed by atoms with Crippen LogP contribution in [0.25, 0.3) is 0 Å². The fourth-order valence-corrected chi connectivity index (χ4v) is 1.99. The number of nitrogens with zero attached hydrogens (tertiary/aromatic N) is 1. The largest absolute Gasteiger partial charge is 0.392 e. The summed E-state index contributed by atoms with van der Waals surface area (Å²) in [5, 5.41) is 12.5. The minimum atomic E-state index is -0.434. The molecule has 3 atom stereocenters. The first kappa shape index (κ1) is 13.5. The van der Waals surface area contributed by atoms with E-state index in [9.17, 15) is 9.90 Å². The van der Waals surface area contributed by atoms with E-state index in [-0.39, 0.29) is 18.0 Å². The quantitative estimate of drug-likeness (QED) is 0.746. The number of aliphatic hydroxyl groups is 1. The second-order valence-electron chi connectivity index (χ2n) is 4.80. The Bertz CT molecular complexity index is 225. The number of carbonyl (C=O) groups excluding carboxylic acids is 1. The summed E-state index contributed by atoms with van der Waals surface area (Å²) in [6.07, 6.45) is 3.03. The molecular formula is C12H24N2O2. The highest BCUT2D eigenvalue weighted by Crippen LogP contribution is 2.10. The molecule has 2 N–H and O–H groups in total. The van der Waals surface area contributed by atoms with Crippen LogP contribution in [0, 0.1) is 0 Å². The van der Waals surface area contributed by atoms with E-state index in [1.54, 1.807) is 6.92 Å². The molecule has 0 radical (unpaired) electrons. The van der Waals surface area contributed by atoms with Gasteiger partial charge in [0.2, 0.25) is 5.91 Å². The lowest BCUT2D eigenvalue weighted by atomic mass is 10.1. The van der Waals surface area contributed by atoms with Crippen molar-refractivity contribution in [3.8, 4) is 0 Å². The van der Waals surface area contributed by atoms with Gasteiger partial charge in [-0.1, -0.05) is 0 Å². The lowest BCUT2D eigenvalue weighted by molar-refractivity contribution is -0.134. The third-order valence-electron chi connectivity index (χ3n) is 3.27. The molecule has 0 saturated carbocycles. The van der Waals surface area contributed by atoms with Gasteiger partial charge in [0.1, 0.15) is 0 Å². The predicted molar refractivity (Wildman–Crippen MR) is 64.2 cm³/mol. The lowest BCUT2D eigenvalue weighted by Crippen LogP contribution is -2.51. The summed E-state index contributed by atoms with van der Waals surface area (Å²) in [5.41, 5.74) is 0. The Balaban J connectivity index is 2.40. The Hall–Kier alpha value is -0.610. The van der Waals surface area contributed by atoms with Crippen molar-refractivity contribution in [2.45, 2.75) is 58.2 Å². The van der Waals surface area contributed by atoms with E-state index in [4.69, 9.17) is 0 Å². The number of carbonyl (C=O) groups is 1. The van der Waals surface area contributed by atoms with Gasteiger partial charge in [0.25, 0.3) is 0 Å². The van der Waals surface area contributed by atoms with E-state index in [0.717, 1.165) is 25.9 Å². The van der Waals surface area contributed by atoms with Crippen LogP contribution in [-0.2, 0) is 4.79 Å². The number of likely N-dealkylation sites (tertiary alicyclic amines) is 1. The number of hydrogen-bond donors (Lipinski definition) is 2. The van der Waals surface area contributed by atoms with E-state index in [2.05, 4.69) is 5.32 Å². The number of hydrogen-bond acceptors (Lipinski definition) is 3. The Morgan fingerprint density at radius 1 is 1.19 bits per heavy atom. The summed E-state index contributed by atoms with van der Waals surface area (Å²) < 4.78 is 0. The molecule has 0 spiro atoms. The van der Waals surface area contributed by atoms with Crippen molar-refractivity contribution in [1.29, 1.82) is 0 Å². The molecule has 4 heteroatoms. The summed E-state index contributed by atoms with van der Waals surface area (Å²) in [5.74, 6) is 0.159. The topological polar surface area (TPSA) is 52.6 Å². The van der Waals surface area contributed by atoms with E-state index in [1.165, 1.54) is 6.42 Å². The van der Waals surface area contributed by atoms with E-state index in [0.29, 0.717) is 0 Å². The first-order valence-electron chi connectivity index (χ1n) is 6.25. The second-order valence-corrected chi connectivity index (χ2v) is 4.80. The predicted octanol–water partition coefficient (Wildman–Crippen LogP) is 0.746. The van der Waals surface area contributed by atoms with Gasteiger partial charge in [-0.15, -0.1) is 0 Å². The molecule has 3 unspecified atom stereocenters. The standard InChI is InChI=1S/C12H24N2O2/c1-9(11(3)15)13-10(2)12(16)14-7-5-4-6-8-14/h9-11,13,15H,4-8H2,1-3H3. The van der Waals surface area contributed by atoms with E-state index >= 15 is 0 Å². The second kappa shape index (κ2) is 6.21. The molecular weight excluding hydrogens is 204 g/mol. The third kappa shape index (κ3) is 3.76. The molecule has 0 bridgehead atoms. The van der Waals surface area contributed by atoms with Crippen LogP contribution in [-0.4, -0.2) is 47.2 Å². The summed E-state index contributed by atoms with van der Waals surface area (Å²) >= 11 is 0. The SMILES string of the molecule is CC(NC(C)C(C)O)C(=O)N1CCCCC1. The smallest absolute Gasteiger partial charge is 0.239 e. The molecule has 0 aromatic rings. The van der Waals surface area contributed by atoms with E-state index < -0.39 is 6.10 Å². The maximum atomic E-state index is 12.0. The van der Waals surface area contributed by atoms with Gasteiger partial charge in [-0.2, -0.15) is 0 Å². The van der Waals surface area contributed by atoms with Crippen LogP contribution in [0.4, 0.5) is 0 Å². The molecule has 1 aliphatic rings. The van der Waals surface area contributed by atoms with Gasteiger partial charge in [0, 0.05) is 19.1 Å². The molecule has 0 aromatic carbocycles. The minimum Gasteiger partial charge on any atom is -0.392 e. The number of amides is 1. The number of piperidine rings is 1. The molecule has 94 valence electrons. The Morgan fingerprint density at radius 3 is 2.25 bits per heavy atom. The van der Waals surface area contributed by atoms with Crippen molar-refractivity contribution in [1.82, 2.24) is 10.2 Å². The maximum Gasteiger partial charge on any atom is 0.239 e. The highest BCUT2D eigenvalue weighted by atomic mass is 16.3. The molecule has 1 rings (SSSR count). The summed E-state index contributed by atoms with van der Waals surface area (Å²) in [4.78, 5) is 14.0. The highest BCUT2D eigenvalue weighted by molar-refractivity contribution is 5.81. The zero-order valence-electron chi connectivity index (χ0n) is 10.6. The maximum absolute atomic E-state index is 12.0. The molecule has 4 nitrogen and oxygen atoms in total. The zero-order valence-corrected chi connectivity index (χ0v) is 10.6. The first-order chi connectivity index (χ1) is 7.52. The van der Waals surface area contributed by atoms with Gasteiger partial charge < -0.3 is 15.3 Å². The summed E-state index contributed by atoms with van der Waals surface area (Å²) in [6.45, 7) is 7.26. The molecule has 1 aliphatic heterocycles. The van der Waals surface area contributed by atoms with Gasteiger partial charge in [0.15, 0.2) is 0 Å². The lowest BCUT2D eigenvalue weighted by Gasteiger charge is -2.31. The Morgan fingerprint density at radius 2 is 1.75 bits per heavy atom. The van der Waals surface area contributed by atoms with Crippen molar-refractivity contribution in [3.63, 3.8) is 0 Å². The monoisotopic (exact) mass is 228 g/mol. The van der Waals surface area contributed by atoms with Crippen LogP contribution >= 0.6 is 0 Å². The molecule has 1 saturated heterocycles. The molecule has 1 fully saturated rings. The van der Waals surface area contributed by atoms with Gasteiger partial charge in [0.05, 0.1) is 12.1 Å². The van der Waals surface area contributed by atoms with Crippen molar-refractivity contribution in [2.24, 2.45) is 0 Å². The number of rotatable bonds is 4. The number of nitrogens with one attached hydrogen (secondary N) is 1. The first-order valence-corrected chi connectivity index (χ1v) is 6.25.